The summed E-state index contributed by atoms with van der Waals surface area (Å²) in [4.78, 5) is 26.4. The molecule has 3 aromatic heterocycles. The van der Waals surface area contributed by atoms with Crippen LogP contribution in [0, 0.1) is 0 Å². The van der Waals surface area contributed by atoms with E-state index in [1.54, 1.807) is 22.9 Å². The molecule has 0 radical (unpaired) electrons. The number of aromatic nitrogens is 5. The summed E-state index contributed by atoms with van der Waals surface area (Å²) in [6.45, 7) is 6.17. The Morgan fingerprint density at radius 2 is 1.81 bits per heavy atom. The SMILES string of the molecule is C[C@@H]1CN(c2ccc(N=Cc3c(O)[nH]c(=O)c4ccc(-n5nnc6ccccc65)cc34)nc2)C[C@H](C)N1. The molecule has 10 nitrogen and oxygen atoms in total. The molecule has 0 saturated carbocycles. The minimum atomic E-state index is -0.387. The van der Waals surface area contributed by atoms with Crippen molar-refractivity contribution in [1.82, 2.24) is 30.3 Å². The van der Waals surface area contributed by atoms with Crippen LogP contribution in [0.25, 0.3) is 27.5 Å². The van der Waals surface area contributed by atoms with Gasteiger partial charge in [-0.3, -0.25) is 9.78 Å². The molecule has 0 amide bonds. The number of para-hydroxylation sites is 1. The Balaban J connectivity index is 1.35. The number of H-pyrrole nitrogens is 1. The standard InChI is InChI=1S/C27H26N8O2/c1-16-14-34(15-17(2)30-16)19-8-10-25(28-12-19)29-13-22-21-11-18(7-9-20(21)26(36)31-27(22)37)35-24-6-4-3-5-23(24)32-33-35/h3-13,16-17,30H,14-15H2,1-2H3,(H2,31,36,37)/t16-,17+. The van der Waals surface area contributed by atoms with Crippen LogP contribution in [0.15, 0.2) is 70.6 Å². The first-order chi connectivity index (χ1) is 18.0. The molecule has 1 aliphatic heterocycles. The highest BCUT2D eigenvalue weighted by Gasteiger charge is 2.21. The Morgan fingerprint density at radius 3 is 2.59 bits per heavy atom. The van der Waals surface area contributed by atoms with Crippen LogP contribution >= 0.6 is 0 Å². The molecule has 1 saturated heterocycles. The normalized spacial score (nSPS) is 18.3. The second-order valence-electron chi connectivity index (χ2n) is 9.44. The van der Waals surface area contributed by atoms with Gasteiger partial charge in [-0.15, -0.1) is 5.10 Å². The molecular formula is C27H26N8O2. The number of fused-ring (bicyclic) bond motifs is 2. The lowest BCUT2D eigenvalue weighted by Gasteiger charge is -2.37. The fraction of sp³-hybridized carbons (Fsp3) is 0.222. The monoisotopic (exact) mass is 494 g/mol. The van der Waals surface area contributed by atoms with Crippen molar-refractivity contribution < 1.29 is 5.11 Å². The molecule has 186 valence electrons. The zero-order chi connectivity index (χ0) is 25.5. The van der Waals surface area contributed by atoms with Crippen LogP contribution in [0.1, 0.15) is 19.4 Å². The summed E-state index contributed by atoms with van der Waals surface area (Å²) >= 11 is 0. The molecule has 2 aromatic carbocycles. The number of hydrogen-bond donors (Lipinski definition) is 3. The molecule has 4 heterocycles. The molecule has 6 rings (SSSR count). The fourth-order valence-electron chi connectivity index (χ4n) is 4.95. The summed E-state index contributed by atoms with van der Waals surface area (Å²) in [5, 5.41) is 23.6. The second kappa shape index (κ2) is 9.14. The van der Waals surface area contributed by atoms with E-state index in [9.17, 15) is 9.90 Å². The molecule has 1 fully saturated rings. The minimum Gasteiger partial charge on any atom is -0.494 e. The van der Waals surface area contributed by atoms with E-state index in [0.717, 1.165) is 29.8 Å². The van der Waals surface area contributed by atoms with Gasteiger partial charge in [-0.2, -0.15) is 0 Å². The highest BCUT2D eigenvalue weighted by atomic mass is 16.3. The van der Waals surface area contributed by atoms with E-state index in [-0.39, 0.29) is 11.4 Å². The molecule has 0 unspecified atom stereocenters. The second-order valence-corrected chi connectivity index (χ2v) is 9.44. The molecule has 37 heavy (non-hydrogen) atoms. The van der Waals surface area contributed by atoms with E-state index in [1.807, 2.05) is 42.6 Å². The quantitative estimate of drug-likeness (QED) is 0.328. The van der Waals surface area contributed by atoms with Crippen LogP contribution in [-0.2, 0) is 0 Å². The first-order valence-corrected chi connectivity index (χ1v) is 12.2. The lowest BCUT2D eigenvalue weighted by Crippen LogP contribution is -2.54. The number of aromatic hydroxyl groups is 1. The van der Waals surface area contributed by atoms with Gasteiger partial charge in [0.15, 0.2) is 5.82 Å². The Morgan fingerprint density at radius 1 is 1.03 bits per heavy atom. The van der Waals surface area contributed by atoms with Crippen LogP contribution in [0.2, 0.25) is 0 Å². The molecule has 1 aliphatic rings. The average Bonchev–Trinajstić information content (AvgIpc) is 3.32. The molecule has 5 aromatic rings. The number of nitrogens with zero attached hydrogens (tertiary/aromatic N) is 6. The maximum atomic E-state index is 12.6. The first-order valence-electron chi connectivity index (χ1n) is 12.2. The van der Waals surface area contributed by atoms with E-state index in [1.165, 1.54) is 6.21 Å². The maximum absolute atomic E-state index is 12.6. The topological polar surface area (TPSA) is 124 Å². The molecular weight excluding hydrogens is 468 g/mol. The Kier molecular flexibility index (Phi) is 5.65. The predicted octanol–water partition coefficient (Wildman–Crippen LogP) is 3.30. The van der Waals surface area contributed by atoms with Gasteiger partial charge in [0.2, 0.25) is 5.88 Å². The van der Waals surface area contributed by atoms with E-state index in [4.69, 9.17) is 0 Å². The van der Waals surface area contributed by atoms with Crippen molar-refractivity contribution in [3.05, 3.63) is 76.7 Å². The number of aromatic amines is 1. The number of nitrogens with one attached hydrogen (secondary N) is 2. The summed E-state index contributed by atoms with van der Waals surface area (Å²) in [5.74, 6) is 0.236. The van der Waals surface area contributed by atoms with E-state index >= 15 is 0 Å². The molecule has 0 aliphatic carbocycles. The van der Waals surface area contributed by atoms with Crippen LogP contribution in [0.4, 0.5) is 11.5 Å². The highest BCUT2D eigenvalue weighted by Crippen LogP contribution is 2.26. The third-order valence-corrected chi connectivity index (χ3v) is 6.60. The summed E-state index contributed by atoms with van der Waals surface area (Å²) < 4.78 is 1.70. The van der Waals surface area contributed by atoms with Crippen molar-refractivity contribution in [2.45, 2.75) is 25.9 Å². The summed E-state index contributed by atoms with van der Waals surface area (Å²) in [5.41, 5.74) is 3.35. The van der Waals surface area contributed by atoms with Gasteiger partial charge in [-0.25, -0.2) is 14.7 Å². The molecule has 0 spiro atoms. The van der Waals surface area contributed by atoms with E-state index < -0.39 is 0 Å². The third kappa shape index (κ3) is 4.31. The number of piperazine rings is 1. The molecule has 2 atom stereocenters. The number of hydrogen-bond acceptors (Lipinski definition) is 8. The van der Waals surface area contributed by atoms with Gasteiger partial charge in [0.1, 0.15) is 5.52 Å². The number of anilines is 1. The van der Waals surface area contributed by atoms with Crippen LogP contribution in [0.3, 0.4) is 0 Å². The van der Waals surface area contributed by atoms with Gasteiger partial charge in [0.05, 0.1) is 28.7 Å². The number of rotatable bonds is 4. The minimum absolute atomic E-state index is 0.262. The first kappa shape index (κ1) is 22.9. The summed E-state index contributed by atoms with van der Waals surface area (Å²) in [6, 6.07) is 17.6. The van der Waals surface area contributed by atoms with Gasteiger partial charge in [0.25, 0.3) is 5.56 Å². The molecule has 10 heteroatoms. The van der Waals surface area contributed by atoms with Crippen LogP contribution in [-0.4, -0.2) is 61.5 Å². The third-order valence-electron chi connectivity index (χ3n) is 6.60. The Bertz CT molecular complexity index is 1680. The van der Waals surface area contributed by atoms with Crippen molar-refractivity contribution in [2.75, 3.05) is 18.0 Å². The average molecular weight is 495 g/mol. The fourth-order valence-corrected chi connectivity index (χ4v) is 4.95. The van der Waals surface area contributed by atoms with Gasteiger partial charge >= 0.3 is 0 Å². The smallest absolute Gasteiger partial charge is 0.258 e. The van der Waals surface area contributed by atoms with Crippen molar-refractivity contribution in [3.63, 3.8) is 0 Å². The van der Waals surface area contributed by atoms with Gasteiger partial charge in [-0.1, -0.05) is 17.3 Å². The zero-order valence-electron chi connectivity index (χ0n) is 20.5. The lowest BCUT2D eigenvalue weighted by molar-refractivity contribution is 0.407. The van der Waals surface area contributed by atoms with Crippen LogP contribution in [0.5, 0.6) is 5.88 Å². The summed E-state index contributed by atoms with van der Waals surface area (Å²) in [6.07, 6.45) is 3.34. The van der Waals surface area contributed by atoms with Crippen molar-refractivity contribution >= 4 is 39.5 Å². The predicted molar refractivity (Wildman–Crippen MR) is 144 cm³/mol. The van der Waals surface area contributed by atoms with Crippen molar-refractivity contribution in [1.29, 1.82) is 0 Å². The van der Waals surface area contributed by atoms with Gasteiger partial charge in [0, 0.05) is 42.2 Å². The zero-order valence-corrected chi connectivity index (χ0v) is 20.5. The van der Waals surface area contributed by atoms with Crippen LogP contribution < -0.4 is 15.8 Å². The number of aliphatic imine (C=N–C) groups is 1. The summed E-state index contributed by atoms with van der Waals surface area (Å²) in [7, 11) is 0. The van der Waals surface area contributed by atoms with Gasteiger partial charge < -0.3 is 15.3 Å². The number of benzene rings is 2. The number of pyridine rings is 2. The Hall–Kier alpha value is -4.57. The molecule has 0 bridgehead atoms. The van der Waals surface area contributed by atoms with E-state index in [0.29, 0.717) is 39.9 Å². The Labute approximate surface area is 212 Å². The lowest BCUT2D eigenvalue weighted by atomic mass is 10.1. The highest BCUT2D eigenvalue weighted by molar-refractivity contribution is 6.02. The van der Waals surface area contributed by atoms with Crippen molar-refractivity contribution in [3.8, 4) is 11.6 Å². The van der Waals surface area contributed by atoms with E-state index in [2.05, 4.69) is 49.3 Å². The molecule has 3 N–H and O–H groups in total. The van der Waals surface area contributed by atoms with Crippen molar-refractivity contribution in [2.24, 2.45) is 4.99 Å². The maximum Gasteiger partial charge on any atom is 0.258 e. The van der Waals surface area contributed by atoms with Gasteiger partial charge in [-0.05, 0) is 56.3 Å². The largest absolute Gasteiger partial charge is 0.494 e.